The Bertz CT molecular complexity index is 942. The molecular formula is C21H24FN3O4S. The van der Waals surface area contributed by atoms with Crippen LogP contribution >= 0.6 is 11.3 Å². The van der Waals surface area contributed by atoms with Crippen molar-refractivity contribution < 1.29 is 23.4 Å². The van der Waals surface area contributed by atoms with E-state index in [0.29, 0.717) is 48.3 Å². The van der Waals surface area contributed by atoms with Crippen molar-refractivity contribution in [3.8, 4) is 0 Å². The molecular weight excluding hydrogens is 409 g/mol. The molecule has 3 heterocycles. The van der Waals surface area contributed by atoms with Crippen molar-refractivity contribution in [2.75, 3.05) is 49.8 Å². The van der Waals surface area contributed by atoms with Crippen molar-refractivity contribution >= 4 is 28.6 Å². The Labute approximate surface area is 178 Å². The van der Waals surface area contributed by atoms with E-state index in [9.17, 15) is 9.18 Å². The molecule has 0 aliphatic carbocycles. The summed E-state index contributed by atoms with van der Waals surface area (Å²) in [6.45, 7) is 4.68. The van der Waals surface area contributed by atoms with E-state index in [0.717, 1.165) is 4.88 Å². The maximum atomic E-state index is 14.8. The molecule has 30 heavy (non-hydrogen) atoms. The molecule has 1 N–H and O–H groups in total. The van der Waals surface area contributed by atoms with Crippen LogP contribution in [0.25, 0.3) is 0 Å². The quantitative estimate of drug-likeness (QED) is 0.756. The number of anilines is 2. The summed E-state index contributed by atoms with van der Waals surface area (Å²) in [5.74, 6) is 0.0551. The average molecular weight is 434 g/mol. The molecule has 0 saturated carbocycles. The fourth-order valence-electron chi connectivity index (χ4n) is 3.41. The molecule has 0 bridgehead atoms. The molecule has 1 amide bonds. The molecule has 9 heteroatoms. The van der Waals surface area contributed by atoms with Gasteiger partial charge in [-0.25, -0.2) is 4.39 Å². The molecule has 160 valence electrons. The molecule has 1 unspecified atom stereocenters. The lowest BCUT2D eigenvalue weighted by Gasteiger charge is -2.30. The van der Waals surface area contributed by atoms with Gasteiger partial charge < -0.3 is 24.4 Å². The molecule has 1 aromatic heterocycles. The molecule has 1 fully saturated rings. The zero-order chi connectivity index (χ0) is 21.1. The van der Waals surface area contributed by atoms with E-state index in [4.69, 9.17) is 14.2 Å². The second-order valence-corrected chi connectivity index (χ2v) is 8.28. The van der Waals surface area contributed by atoms with Crippen LogP contribution in [-0.4, -0.2) is 52.3 Å². The van der Waals surface area contributed by atoms with Gasteiger partial charge in [0.15, 0.2) is 0 Å². The van der Waals surface area contributed by atoms with E-state index in [1.54, 1.807) is 23.2 Å². The van der Waals surface area contributed by atoms with Crippen LogP contribution in [0.3, 0.4) is 0 Å². The third kappa shape index (κ3) is 4.43. The Balaban J connectivity index is 1.45. The first-order valence-electron chi connectivity index (χ1n) is 9.70. The van der Waals surface area contributed by atoms with E-state index in [2.05, 4.69) is 5.32 Å². The fraction of sp³-hybridized carbons (Fsp3) is 0.381. The van der Waals surface area contributed by atoms with Crippen LogP contribution in [-0.2, 0) is 14.2 Å². The lowest BCUT2D eigenvalue weighted by molar-refractivity contribution is -0.0753. The number of nitrogens with zero attached hydrogens (tertiary/aromatic N) is 2. The summed E-state index contributed by atoms with van der Waals surface area (Å²) in [4.78, 5) is 17.6. The van der Waals surface area contributed by atoms with Crippen LogP contribution < -0.4 is 15.1 Å². The van der Waals surface area contributed by atoms with Gasteiger partial charge in [-0.1, -0.05) is 0 Å². The first-order valence-corrected chi connectivity index (χ1v) is 10.5. The third-order valence-corrected chi connectivity index (χ3v) is 5.93. The predicted octanol–water partition coefficient (Wildman–Crippen LogP) is 3.07. The highest BCUT2D eigenvalue weighted by atomic mass is 32.1. The highest BCUT2D eigenvalue weighted by Gasteiger charge is 2.28. The van der Waals surface area contributed by atoms with Crippen molar-refractivity contribution in [1.82, 2.24) is 5.32 Å². The van der Waals surface area contributed by atoms with Gasteiger partial charge >= 0.3 is 0 Å². The number of hydrogen-bond acceptors (Lipinski definition) is 7. The molecule has 1 atom stereocenters. The van der Waals surface area contributed by atoms with Crippen molar-refractivity contribution in [3.63, 3.8) is 0 Å². The third-order valence-electron chi connectivity index (χ3n) is 4.93. The fourth-order valence-corrected chi connectivity index (χ4v) is 4.19. The summed E-state index contributed by atoms with van der Waals surface area (Å²) in [6, 6.07) is 8.75. The number of benzene rings is 1. The van der Waals surface area contributed by atoms with Gasteiger partial charge in [-0.3, -0.25) is 9.69 Å². The number of ether oxygens (including phenoxy) is 3. The van der Waals surface area contributed by atoms with Gasteiger partial charge in [-0.2, -0.15) is 0 Å². The number of aryl methyl sites for hydroxylation is 1. The number of nitrogens with one attached hydrogen (secondary N) is 1. The largest absolute Gasteiger partial charge is 0.447 e. The Kier molecular flexibility index (Phi) is 6.21. The Morgan fingerprint density at radius 3 is 2.77 bits per heavy atom. The normalized spacial score (nSPS) is 18.9. The highest BCUT2D eigenvalue weighted by molar-refractivity contribution is 7.13. The van der Waals surface area contributed by atoms with E-state index in [1.165, 1.54) is 24.5 Å². The standard InChI is InChI=1S/C21H24FN3O4S/c1-14-3-6-19(30-14)20(26)23-12-16-13-25(21(27-2)29-16)15-4-5-18(17(22)11-15)24-7-9-28-10-8-24/h3-6,11,13,21H,7-10,12H2,1-2H3,(H,23,26). The Morgan fingerprint density at radius 1 is 1.30 bits per heavy atom. The molecule has 4 rings (SSSR count). The summed E-state index contributed by atoms with van der Waals surface area (Å²) < 4.78 is 31.3. The number of carbonyl (C=O) groups is 1. The lowest BCUT2D eigenvalue weighted by atomic mass is 10.2. The second-order valence-electron chi connectivity index (χ2n) is 6.99. The number of morpholine rings is 1. The van der Waals surface area contributed by atoms with Crippen LogP contribution in [0.5, 0.6) is 0 Å². The number of hydrogen-bond donors (Lipinski definition) is 1. The molecule has 0 spiro atoms. The van der Waals surface area contributed by atoms with Crippen LogP contribution in [0, 0.1) is 12.7 Å². The summed E-state index contributed by atoms with van der Waals surface area (Å²) in [5, 5.41) is 2.84. The Morgan fingerprint density at radius 2 is 2.10 bits per heavy atom. The van der Waals surface area contributed by atoms with E-state index >= 15 is 0 Å². The smallest absolute Gasteiger partial charge is 0.287 e. The summed E-state index contributed by atoms with van der Waals surface area (Å²) in [5.41, 5.74) is 1.16. The zero-order valence-corrected chi connectivity index (χ0v) is 17.7. The number of thiophene rings is 1. The molecule has 0 radical (unpaired) electrons. The number of amides is 1. The monoisotopic (exact) mass is 433 g/mol. The zero-order valence-electron chi connectivity index (χ0n) is 16.9. The maximum absolute atomic E-state index is 14.8. The number of rotatable bonds is 6. The summed E-state index contributed by atoms with van der Waals surface area (Å²) in [7, 11) is 1.51. The van der Waals surface area contributed by atoms with Gasteiger partial charge in [0.25, 0.3) is 12.3 Å². The number of halogens is 1. The van der Waals surface area contributed by atoms with E-state index < -0.39 is 6.41 Å². The summed E-state index contributed by atoms with van der Waals surface area (Å²) >= 11 is 1.43. The molecule has 1 aromatic carbocycles. The van der Waals surface area contributed by atoms with Crippen LogP contribution in [0.2, 0.25) is 0 Å². The van der Waals surface area contributed by atoms with Gasteiger partial charge in [0.1, 0.15) is 11.6 Å². The first kappa shape index (κ1) is 20.6. The average Bonchev–Trinajstić information content (AvgIpc) is 3.38. The van der Waals surface area contributed by atoms with Gasteiger partial charge in [0, 0.05) is 30.8 Å². The van der Waals surface area contributed by atoms with Crippen molar-refractivity contribution in [2.45, 2.75) is 13.3 Å². The first-order chi connectivity index (χ1) is 14.5. The molecule has 2 aliphatic rings. The minimum atomic E-state index is -0.727. The number of methoxy groups -OCH3 is 1. The molecule has 7 nitrogen and oxygen atoms in total. The highest BCUT2D eigenvalue weighted by Crippen LogP contribution is 2.30. The topological polar surface area (TPSA) is 63.3 Å². The van der Waals surface area contributed by atoms with E-state index in [-0.39, 0.29) is 18.3 Å². The van der Waals surface area contributed by atoms with Crippen molar-refractivity contribution in [1.29, 1.82) is 0 Å². The molecule has 2 aromatic rings. The van der Waals surface area contributed by atoms with Gasteiger partial charge in [0.05, 0.1) is 36.5 Å². The van der Waals surface area contributed by atoms with Crippen molar-refractivity contribution in [2.24, 2.45) is 0 Å². The summed E-state index contributed by atoms with van der Waals surface area (Å²) in [6.07, 6.45) is 0.992. The van der Waals surface area contributed by atoms with Crippen LogP contribution in [0.15, 0.2) is 42.3 Å². The van der Waals surface area contributed by atoms with E-state index in [1.807, 2.05) is 24.0 Å². The van der Waals surface area contributed by atoms with Crippen LogP contribution in [0.1, 0.15) is 14.5 Å². The van der Waals surface area contributed by atoms with Gasteiger partial charge in [-0.15, -0.1) is 11.3 Å². The van der Waals surface area contributed by atoms with Gasteiger partial charge in [-0.05, 0) is 37.3 Å². The lowest BCUT2D eigenvalue weighted by Crippen LogP contribution is -2.36. The Hall–Kier alpha value is -2.62. The minimum Gasteiger partial charge on any atom is -0.447 e. The van der Waals surface area contributed by atoms with Crippen molar-refractivity contribution in [3.05, 3.63) is 57.9 Å². The molecule has 2 aliphatic heterocycles. The molecule has 1 saturated heterocycles. The minimum absolute atomic E-state index is 0.161. The predicted molar refractivity (Wildman–Crippen MR) is 113 cm³/mol. The SMILES string of the molecule is COC1OC(CNC(=O)c2ccc(C)s2)=CN1c1ccc(N2CCOCC2)c(F)c1. The number of carbonyl (C=O) groups excluding carboxylic acids is 1. The van der Waals surface area contributed by atoms with Gasteiger partial charge in [0.2, 0.25) is 0 Å². The second kappa shape index (κ2) is 9.03. The van der Waals surface area contributed by atoms with Crippen LogP contribution in [0.4, 0.5) is 15.8 Å². The maximum Gasteiger partial charge on any atom is 0.287 e.